The number of carboxylic acids is 1. The van der Waals surface area contributed by atoms with Gasteiger partial charge in [0, 0.05) is 0 Å². The van der Waals surface area contributed by atoms with E-state index in [1.165, 1.54) is 31.7 Å². The first-order chi connectivity index (χ1) is 9.56. The van der Waals surface area contributed by atoms with Crippen LogP contribution in [-0.4, -0.2) is 28.9 Å². The highest BCUT2D eigenvalue weighted by Gasteiger charge is 2.19. The monoisotopic (exact) mass is 278 g/mol. The zero-order valence-corrected chi connectivity index (χ0v) is 11.8. The average Bonchev–Trinajstić information content (AvgIpc) is 2.90. The predicted molar refractivity (Wildman–Crippen MR) is 76.2 cm³/mol. The van der Waals surface area contributed by atoms with E-state index < -0.39 is 12.1 Å². The van der Waals surface area contributed by atoms with E-state index in [0.29, 0.717) is 11.7 Å². The predicted octanol–water partition coefficient (Wildman–Crippen LogP) is 3.01. The lowest BCUT2D eigenvalue weighted by atomic mass is 10.0. The van der Waals surface area contributed by atoms with E-state index in [9.17, 15) is 9.90 Å². The van der Waals surface area contributed by atoms with Crippen LogP contribution in [0.15, 0.2) is 18.2 Å². The quantitative estimate of drug-likeness (QED) is 0.839. The number of aliphatic hydroxyl groups is 1. The molecule has 0 aliphatic heterocycles. The molecule has 110 valence electrons. The van der Waals surface area contributed by atoms with Crippen LogP contribution in [0.2, 0.25) is 0 Å². The van der Waals surface area contributed by atoms with E-state index in [1.54, 1.807) is 12.1 Å². The van der Waals surface area contributed by atoms with Crippen LogP contribution in [0.1, 0.15) is 48.0 Å². The highest BCUT2D eigenvalue weighted by Crippen LogP contribution is 2.29. The summed E-state index contributed by atoms with van der Waals surface area (Å²) in [5, 5.41) is 18.9. The normalized spacial score (nSPS) is 17.1. The number of aryl methyl sites for hydroxylation is 1. The summed E-state index contributed by atoms with van der Waals surface area (Å²) in [5.41, 5.74) is 1.03. The van der Waals surface area contributed by atoms with E-state index in [1.807, 2.05) is 6.92 Å². The Morgan fingerprint density at radius 2 is 2.10 bits per heavy atom. The molecule has 0 radical (unpaired) electrons. The maximum absolute atomic E-state index is 10.8. The van der Waals surface area contributed by atoms with Crippen molar-refractivity contribution in [2.75, 3.05) is 6.61 Å². The van der Waals surface area contributed by atoms with Crippen LogP contribution in [0.4, 0.5) is 0 Å². The molecule has 1 aliphatic carbocycles. The van der Waals surface area contributed by atoms with E-state index in [2.05, 4.69) is 0 Å². The van der Waals surface area contributed by atoms with Crippen LogP contribution in [-0.2, 0) is 0 Å². The molecule has 1 aliphatic rings. The summed E-state index contributed by atoms with van der Waals surface area (Å²) < 4.78 is 5.60. The summed E-state index contributed by atoms with van der Waals surface area (Å²) in [6, 6.07) is 4.76. The Bertz CT molecular complexity index is 464. The van der Waals surface area contributed by atoms with Gasteiger partial charge in [-0.1, -0.05) is 25.7 Å². The number of hydrogen-bond acceptors (Lipinski definition) is 3. The maximum Gasteiger partial charge on any atom is 0.335 e. The van der Waals surface area contributed by atoms with Gasteiger partial charge >= 0.3 is 5.97 Å². The van der Waals surface area contributed by atoms with Gasteiger partial charge in [-0.15, -0.1) is 0 Å². The molecule has 2 rings (SSSR count). The zero-order valence-electron chi connectivity index (χ0n) is 11.8. The van der Waals surface area contributed by atoms with Gasteiger partial charge in [-0.25, -0.2) is 4.79 Å². The SMILES string of the molecule is Cc1cc(C(=O)O)ccc1OCC(O)CC1CCCC1. The van der Waals surface area contributed by atoms with Crippen LogP contribution < -0.4 is 4.74 Å². The van der Waals surface area contributed by atoms with Crippen molar-refractivity contribution in [1.29, 1.82) is 0 Å². The van der Waals surface area contributed by atoms with E-state index in [0.717, 1.165) is 12.0 Å². The molecule has 0 amide bonds. The Morgan fingerprint density at radius 1 is 1.40 bits per heavy atom. The summed E-state index contributed by atoms with van der Waals surface area (Å²) in [6.45, 7) is 2.08. The molecule has 0 heterocycles. The lowest BCUT2D eigenvalue weighted by Crippen LogP contribution is -2.20. The molecule has 1 atom stereocenters. The fourth-order valence-electron chi connectivity index (χ4n) is 2.83. The minimum atomic E-state index is -0.944. The summed E-state index contributed by atoms with van der Waals surface area (Å²) in [6.07, 6.45) is 5.32. The molecular weight excluding hydrogens is 256 g/mol. The number of hydrogen-bond donors (Lipinski definition) is 2. The zero-order chi connectivity index (χ0) is 14.5. The molecule has 1 saturated carbocycles. The molecular formula is C16H22O4. The van der Waals surface area contributed by atoms with Crippen molar-refractivity contribution in [3.8, 4) is 5.75 Å². The molecule has 4 nitrogen and oxygen atoms in total. The van der Waals surface area contributed by atoms with Crippen LogP contribution >= 0.6 is 0 Å². The van der Waals surface area contributed by atoms with Crippen molar-refractivity contribution in [2.45, 2.75) is 45.1 Å². The molecule has 2 N–H and O–H groups in total. The van der Waals surface area contributed by atoms with Crippen molar-refractivity contribution in [1.82, 2.24) is 0 Å². The molecule has 1 unspecified atom stereocenters. The van der Waals surface area contributed by atoms with Crippen LogP contribution in [0.3, 0.4) is 0 Å². The Morgan fingerprint density at radius 3 is 2.70 bits per heavy atom. The third-order valence-corrected chi connectivity index (χ3v) is 3.93. The first-order valence-electron chi connectivity index (χ1n) is 7.21. The Balaban J connectivity index is 1.85. The summed E-state index contributed by atoms with van der Waals surface area (Å²) >= 11 is 0. The molecule has 1 aromatic rings. The fraction of sp³-hybridized carbons (Fsp3) is 0.562. The average molecular weight is 278 g/mol. The number of ether oxygens (including phenoxy) is 1. The van der Waals surface area contributed by atoms with Crippen molar-refractivity contribution in [3.05, 3.63) is 29.3 Å². The van der Waals surface area contributed by atoms with Gasteiger partial charge < -0.3 is 14.9 Å². The van der Waals surface area contributed by atoms with Crippen molar-refractivity contribution in [2.24, 2.45) is 5.92 Å². The first-order valence-corrected chi connectivity index (χ1v) is 7.21. The van der Waals surface area contributed by atoms with E-state index in [4.69, 9.17) is 9.84 Å². The molecule has 0 aromatic heterocycles. The number of rotatable bonds is 6. The van der Waals surface area contributed by atoms with Gasteiger partial charge in [0.1, 0.15) is 12.4 Å². The highest BCUT2D eigenvalue weighted by molar-refractivity contribution is 5.88. The largest absolute Gasteiger partial charge is 0.491 e. The molecule has 0 saturated heterocycles. The Kier molecular flexibility index (Phi) is 5.01. The van der Waals surface area contributed by atoms with Gasteiger partial charge in [-0.2, -0.15) is 0 Å². The number of aliphatic hydroxyl groups excluding tert-OH is 1. The summed E-state index contributed by atoms with van der Waals surface area (Å²) in [5.74, 6) is 0.325. The molecule has 0 spiro atoms. The number of carboxylic acid groups (broad SMARTS) is 1. The first kappa shape index (κ1) is 14.9. The van der Waals surface area contributed by atoms with Crippen molar-refractivity contribution < 1.29 is 19.7 Å². The minimum Gasteiger partial charge on any atom is -0.491 e. The number of carbonyl (C=O) groups is 1. The fourth-order valence-corrected chi connectivity index (χ4v) is 2.83. The van der Waals surface area contributed by atoms with Crippen molar-refractivity contribution in [3.63, 3.8) is 0 Å². The van der Waals surface area contributed by atoms with Gasteiger partial charge in [-0.3, -0.25) is 0 Å². The lowest BCUT2D eigenvalue weighted by molar-refractivity contribution is 0.0695. The topological polar surface area (TPSA) is 66.8 Å². The number of aromatic carboxylic acids is 1. The van der Waals surface area contributed by atoms with Gasteiger partial charge in [0.15, 0.2) is 0 Å². The highest BCUT2D eigenvalue weighted by atomic mass is 16.5. The summed E-state index contributed by atoms with van der Waals surface area (Å²) in [7, 11) is 0. The lowest BCUT2D eigenvalue weighted by Gasteiger charge is -2.17. The van der Waals surface area contributed by atoms with Crippen LogP contribution in [0.5, 0.6) is 5.75 Å². The number of benzene rings is 1. The van der Waals surface area contributed by atoms with E-state index in [-0.39, 0.29) is 12.2 Å². The van der Waals surface area contributed by atoms with Crippen LogP contribution in [0, 0.1) is 12.8 Å². The molecule has 20 heavy (non-hydrogen) atoms. The van der Waals surface area contributed by atoms with Crippen LogP contribution in [0.25, 0.3) is 0 Å². The molecule has 0 bridgehead atoms. The maximum atomic E-state index is 10.8. The molecule has 4 heteroatoms. The van der Waals surface area contributed by atoms with Gasteiger partial charge in [0.25, 0.3) is 0 Å². The smallest absolute Gasteiger partial charge is 0.335 e. The Hall–Kier alpha value is -1.55. The van der Waals surface area contributed by atoms with E-state index >= 15 is 0 Å². The second-order valence-electron chi connectivity index (χ2n) is 5.64. The van der Waals surface area contributed by atoms with Gasteiger partial charge in [-0.05, 0) is 43.0 Å². The Labute approximate surface area is 119 Å². The third-order valence-electron chi connectivity index (χ3n) is 3.93. The van der Waals surface area contributed by atoms with Gasteiger partial charge in [0.05, 0.1) is 11.7 Å². The second-order valence-corrected chi connectivity index (χ2v) is 5.64. The minimum absolute atomic E-state index is 0.251. The van der Waals surface area contributed by atoms with Gasteiger partial charge in [0.2, 0.25) is 0 Å². The molecule has 1 aromatic carbocycles. The van der Waals surface area contributed by atoms with Crippen molar-refractivity contribution >= 4 is 5.97 Å². The summed E-state index contributed by atoms with van der Waals surface area (Å²) in [4.78, 5) is 10.8. The second kappa shape index (κ2) is 6.75. The molecule has 1 fully saturated rings. The third kappa shape index (κ3) is 3.97. The standard InChI is InChI=1S/C16H22O4/c1-11-8-13(16(18)19)6-7-15(11)20-10-14(17)9-12-4-2-3-5-12/h6-8,12,14,17H,2-5,9-10H2,1H3,(H,18,19).